The molecule has 17 heavy (non-hydrogen) atoms. The molecular weight excluding hydrogens is 210 g/mol. The third-order valence-electron chi connectivity index (χ3n) is 3.79. The van der Waals surface area contributed by atoms with Crippen LogP contribution in [0.2, 0.25) is 0 Å². The average Bonchev–Trinajstić information content (AvgIpc) is 3.08. The van der Waals surface area contributed by atoms with E-state index in [9.17, 15) is 0 Å². The monoisotopic (exact) mass is 241 g/mol. The van der Waals surface area contributed by atoms with Crippen LogP contribution < -0.4 is 5.32 Å². The van der Waals surface area contributed by atoms with Gasteiger partial charge in [0.15, 0.2) is 0 Å². The summed E-state index contributed by atoms with van der Waals surface area (Å²) in [7, 11) is 0. The van der Waals surface area contributed by atoms with E-state index >= 15 is 0 Å². The highest BCUT2D eigenvalue weighted by atomic mass is 16.5. The normalized spacial score (nSPS) is 19.6. The van der Waals surface area contributed by atoms with Gasteiger partial charge in [-0.1, -0.05) is 27.7 Å². The molecule has 1 rings (SSSR count). The van der Waals surface area contributed by atoms with Crippen LogP contribution in [0.15, 0.2) is 0 Å². The molecule has 2 nitrogen and oxygen atoms in total. The molecule has 1 aliphatic rings. The highest BCUT2D eigenvalue weighted by Crippen LogP contribution is 2.47. The van der Waals surface area contributed by atoms with Crippen LogP contribution in [0.3, 0.4) is 0 Å². The van der Waals surface area contributed by atoms with E-state index in [0.717, 1.165) is 32.2 Å². The van der Waals surface area contributed by atoms with Crippen molar-refractivity contribution < 1.29 is 4.74 Å². The number of hydrogen-bond donors (Lipinski definition) is 1. The standard InChI is InChI=1S/C15H31NO/c1-5-9-16-12-15(4,14-6-7-14)8-10-17-11-13(2)3/h13-14,16H,5-12H2,1-4H3. The van der Waals surface area contributed by atoms with Crippen LogP contribution in [0, 0.1) is 17.3 Å². The predicted molar refractivity (Wildman–Crippen MR) is 74.3 cm³/mol. The summed E-state index contributed by atoms with van der Waals surface area (Å²) in [5, 5.41) is 3.59. The van der Waals surface area contributed by atoms with Gasteiger partial charge in [-0.3, -0.25) is 0 Å². The van der Waals surface area contributed by atoms with E-state index in [4.69, 9.17) is 4.74 Å². The maximum Gasteiger partial charge on any atom is 0.0488 e. The maximum atomic E-state index is 5.75. The van der Waals surface area contributed by atoms with Gasteiger partial charge in [0, 0.05) is 19.8 Å². The molecule has 1 unspecified atom stereocenters. The largest absolute Gasteiger partial charge is 0.381 e. The van der Waals surface area contributed by atoms with Gasteiger partial charge >= 0.3 is 0 Å². The Morgan fingerprint density at radius 1 is 1.35 bits per heavy atom. The van der Waals surface area contributed by atoms with Crippen molar-refractivity contribution in [1.29, 1.82) is 0 Å². The number of ether oxygens (including phenoxy) is 1. The lowest BCUT2D eigenvalue weighted by molar-refractivity contribution is 0.0736. The Morgan fingerprint density at radius 3 is 2.59 bits per heavy atom. The molecule has 0 heterocycles. The summed E-state index contributed by atoms with van der Waals surface area (Å²) in [6.07, 6.45) is 5.29. The minimum Gasteiger partial charge on any atom is -0.381 e. The average molecular weight is 241 g/mol. The number of rotatable bonds is 10. The highest BCUT2D eigenvalue weighted by Gasteiger charge is 2.40. The van der Waals surface area contributed by atoms with E-state index in [1.54, 1.807) is 0 Å². The van der Waals surface area contributed by atoms with E-state index in [1.165, 1.54) is 25.7 Å². The molecule has 2 heteroatoms. The highest BCUT2D eigenvalue weighted by molar-refractivity contribution is 4.92. The van der Waals surface area contributed by atoms with Crippen LogP contribution >= 0.6 is 0 Å². The van der Waals surface area contributed by atoms with Crippen LogP contribution in [-0.2, 0) is 4.74 Å². The van der Waals surface area contributed by atoms with Crippen molar-refractivity contribution in [3.63, 3.8) is 0 Å². The molecule has 0 bridgehead atoms. The number of nitrogens with one attached hydrogen (secondary N) is 1. The lowest BCUT2D eigenvalue weighted by Crippen LogP contribution is -2.35. The fraction of sp³-hybridized carbons (Fsp3) is 1.00. The summed E-state index contributed by atoms with van der Waals surface area (Å²) in [5.74, 6) is 1.59. The van der Waals surface area contributed by atoms with Crippen LogP contribution in [0.25, 0.3) is 0 Å². The van der Waals surface area contributed by atoms with Crippen molar-refractivity contribution >= 4 is 0 Å². The van der Waals surface area contributed by atoms with E-state index < -0.39 is 0 Å². The molecule has 0 radical (unpaired) electrons. The fourth-order valence-corrected chi connectivity index (χ4v) is 2.39. The number of hydrogen-bond acceptors (Lipinski definition) is 2. The fourth-order valence-electron chi connectivity index (χ4n) is 2.39. The Hall–Kier alpha value is -0.0800. The summed E-state index contributed by atoms with van der Waals surface area (Å²) in [5.41, 5.74) is 0.464. The maximum absolute atomic E-state index is 5.75. The van der Waals surface area contributed by atoms with Crippen molar-refractivity contribution in [2.75, 3.05) is 26.3 Å². The smallest absolute Gasteiger partial charge is 0.0488 e. The van der Waals surface area contributed by atoms with Gasteiger partial charge in [-0.15, -0.1) is 0 Å². The van der Waals surface area contributed by atoms with Crippen molar-refractivity contribution in [3.8, 4) is 0 Å². The van der Waals surface area contributed by atoms with E-state index in [1.807, 2.05) is 0 Å². The molecule has 1 N–H and O–H groups in total. The van der Waals surface area contributed by atoms with Gasteiger partial charge in [0.05, 0.1) is 0 Å². The van der Waals surface area contributed by atoms with Gasteiger partial charge in [-0.05, 0) is 49.5 Å². The Morgan fingerprint density at radius 2 is 2.06 bits per heavy atom. The Balaban J connectivity index is 2.21. The summed E-state index contributed by atoms with van der Waals surface area (Å²) in [6, 6.07) is 0. The molecule has 0 saturated heterocycles. The third-order valence-corrected chi connectivity index (χ3v) is 3.79. The van der Waals surface area contributed by atoms with Gasteiger partial charge in [-0.2, -0.15) is 0 Å². The summed E-state index contributed by atoms with van der Waals surface area (Å²) in [4.78, 5) is 0. The van der Waals surface area contributed by atoms with Crippen molar-refractivity contribution in [2.24, 2.45) is 17.3 Å². The second-order valence-electron chi connectivity index (χ2n) is 6.32. The second kappa shape index (κ2) is 7.38. The lowest BCUT2D eigenvalue weighted by atomic mass is 9.81. The topological polar surface area (TPSA) is 21.3 Å². The summed E-state index contributed by atoms with van der Waals surface area (Å²) < 4.78 is 5.75. The van der Waals surface area contributed by atoms with Crippen molar-refractivity contribution in [2.45, 2.75) is 53.4 Å². The molecule has 0 aromatic carbocycles. The first-order valence-electron chi connectivity index (χ1n) is 7.37. The first kappa shape index (κ1) is 15.0. The minimum atomic E-state index is 0.464. The van der Waals surface area contributed by atoms with Gasteiger partial charge in [-0.25, -0.2) is 0 Å². The Labute approximate surface area is 108 Å². The molecule has 0 aromatic rings. The first-order chi connectivity index (χ1) is 8.08. The summed E-state index contributed by atoms with van der Waals surface area (Å²) >= 11 is 0. The molecule has 1 aliphatic carbocycles. The Kier molecular flexibility index (Phi) is 6.50. The summed E-state index contributed by atoms with van der Waals surface area (Å²) in [6.45, 7) is 13.2. The van der Waals surface area contributed by atoms with E-state index in [0.29, 0.717) is 11.3 Å². The minimum absolute atomic E-state index is 0.464. The van der Waals surface area contributed by atoms with E-state index in [-0.39, 0.29) is 0 Å². The van der Waals surface area contributed by atoms with Gasteiger partial charge in [0.2, 0.25) is 0 Å². The molecule has 0 aliphatic heterocycles. The molecule has 0 spiro atoms. The van der Waals surface area contributed by atoms with Crippen LogP contribution in [-0.4, -0.2) is 26.3 Å². The Bertz CT molecular complexity index is 201. The molecule has 1 atom stereocenters. The van der Waals surface area contributed by atoms with E-state index in [2.05, 4.69) is 33.0 Å². The molecule has 1 saturated carbocycles. The van der Waals surface area contributed by atoms with Crippen molar-refractivity contribution in [1.82, 2.24) is 5.32 Å². The molecule has 1 fully saturated rings. The van der Waals surface area contributed by atoms with Crippen LogP contribution in [0.1, 0.15) is 53.4 Å². The van der Waals surface area contributed by atoms with Crippen LogP contribution in [0.5, 0.6) is 0 Å². The van der Waals surface area contributed by atoms with Gasteiger partial charge < -0.3 is 10.1 Å². The molecule has 0 amide bonds. The zero-order valence-corrected chi connectivity index (χ0v) is 12.2. The molecule has 102 valence electrons. The van der Waals surface area contributed by atoms with Crippen molar-refractivity contribution in [3.05, 3.63) is 0 Å². The van der Waals surface area contributed by atoms with Gasteiger partial charge in [0.25, 0.3) is 0 Å². The third kappa shape index (κ3) is 5.87. The van der Waals surface area contributed by atoms with Crippen LogP contribution in [0.4, 0.5) is 0 Å². The first-order valence-corrected chi connectivity index (χ1v) is 7.37. The zero-order chi connectivity index (χ0) is 12.7. The zero-order valence-electron chi connectivity index (χ0n) is 12.2. The second-order valence-corrected chi connectivity index (χ2v) is 6.32. The quantitative estimate of drug-likeness (QED) is 0.591. The molecule has 0 aromatic heterocycles. The predicted octanol–water partition coefficient (Wildman–Crippen LogP) is 3.47. The lowest BCUT2D eigenvalue weighted by Gasteiger charge is -2.30. The SMILES string of the molecule is CCCNCC(C)(CCOCC(C)C)C1CC1. The van der Waals surface area contributed by atoms with Gasteiger partial charge in [0.1, 0.15) is 0 Å². The molecular formula is C15H31NO.